The van der Waals surface area contributed by atoms with Gasteiger partial charge in [0.1, 0.15) is 5.75 Å². The van der Waals surface area contributed by atoms with E-state index in [1.165, 1.54) is 25.3 Å². The molecule has 36 heavy (non-hydrogen) atoms. The number of rotatable bonds is 9. The van der Waals surface area contributed by atoms with Crippen molar-refractivity contribution < 1.29 is 17.9 Å². The van der Waals surface area contributed by atoms with Gasteiger partial charge in [0.2, 0.25) is 5.91 Å². The zero-order chi connectivity index (χ0) is 25.7. The summed E-state index contributed by atoms with van der Waals surface area (Å²) < 4.78 is 34.4. The Morgan fingerprint density at radius 1 is 0.972 bits per heavy atom. The number of sulfonamides is 1. The maximum absolute atomic E-state index is 13.3. The normalized spacial score (nSPS) is 11.2. The lowest BCUT2D eigenvalue weighted by molar-refractivity contribution is -0.115. The Labute approximate surface area is 213 Å². The van der Waals surface area contributed by atoms with Gasteiger partial charge in [0.25, 0.3) is 10.0 Å². The van der Waals surface area contributed by atoms with Gasteiger partial charge in [-0.15, -0.1) is 0 Å². The molecular formula is C24H23ClN6O4S. The maximum atomic E-state index is 13.3. The number of halogens is 1. The van der Waals surface area contributed by atoms with Crippen molar-refractivity contribution in [1.29, 1.82) is 0 Å². The molecule has 4 N–H and O–H groups in total. The summed E-state index contributed by atoms with van der Waals surface area (Å²) in [5, 5.41) is 8.81. The van der Waals surface area contributed by atoms with Gasteiger partial charge < -0.3 is 20.7 Å². The van der Waals surface area contributed by atoms with E-state index in [2.05, 4.69) is 30.6 Å². The summed E-state index contributed by atoms with van der Waals surface area (Å²) in [4.78, 5) is 20.9. The van der Waals surface area contributed by atoms with E-state index in [0.717, 1.165) is 0 Å². The SMILES string of the molecule is CNCC(=O)Nc1cccc(S(=O)(=O)Nc2nc3ccccc3nc2Nc2cc(OC)ccc2Cl)c1. The first kappa shape index (κ1) is 25.2. The van der Waals surface area contributed by atoms with Crippen molar-refractivity contribution in [3.8, 4) is 5.75 Å². The number of anilines is 4. The molecule has 1 heterocycles. The Balaban J connectivity index is 1.72. The monoisotopic (exact) mass is 526 g/mol. The van der Waals surface area contributed by atoms with Gasteiger partial charge in [-0.05, 0) is 49.5 Å². The lowest BCUT2D eigenvalue weighted by Crippen LogP contribution is -2.25. The molecule has 0 radical (unpaired) electrons. The van der Waals surface area contributed by atoms with Crippen LogP contribution in [-0.4, -0.2) is 45.0 Å². The number of fused-ring (bicyclic) bond motifs is 1. The van der Waals surface area contributed by atoms with E-state index in [-0.39, 0.29) is 29.0 Å². The minimum absolute atomic E-state index is 0.0304. The highest BCUT2D eigenvalue weighted by Crippen LogP contribution is 2.32. The summed E-state index contributed by atoms with van der Waals surface area (Å²) in [7, 11) is -0.944. The van der Waals surface area contributed by atoms with Crippen LogP contribution in [-0.2, 0) is 14.8 Å². The molecular weight excluding hydrogens is 504 g/mol. The topological polar surface area (TPSA) is 134 Å². The molecule has 4 rings (SSSR count). The zero-order valence-electron chi connectivity index (χ0n) is 19.4. The molecule has 0 aliphatic carbocycles. The van der Waals surface area contributed by atoms with Crippen LogP contribution in [0.5, 0.6) is 5.75 Å². The van der Waals surface area contributed by atoms with E-state index in [1.54, 1.807) is 55.6 Å². The van der Waals surface area contributed by atoms with Gasteiger partial charge in [0.05, 0.1) is 40.3 Å². The molecule has 1 amide bonds. The summed E-state index contributed by atoms with van der Waals surface area (Å²) in [6, 6.07) is 18.0. The number of carbonyl (C=O) groups is 1. The average molecular weight is 527 g/mol. The molecule has 0 aliphatic rings. The highest BCUT2D eigenvalue weighted by atomic mass is 35.5. The molecule has 4 aromatic rings. The second-order valence-corrected chi connectivity index (χ2v) is 9.68. The lowest BCUT2D eigenvalue weighted by Gasteiger charge is -2.15. The fraction of sp³-hybridized carbons (Fsp3) is 0.125. The summed E-state index contributed by atoms with van der Waals surface area (Å²) in [6.45, 7) is 0.0871. The summed E-state index contributed by atoms with van der Waals surface area (Å²) in [5.41, 5.74) is 1.83. The van der Waals surface area contributed by atoms with Crippen LogP contribution in [0.25, 0.3) is 11.0 Å². The molecule has 0 bridgehead atoms. The van der Waals surface area contributed by atoms with Crippen LogP contribution in [0.1, 0.15) is 0 Å². The molecule has 1 aromatic heterocycles. The number of likely N-dealkylation sites (N-methyl/N-ethyl adjacent to an activating group) is 1. The summed E-state index contributed by atoms with van der Waals surface area (Å²) in [5.74, 6) is 0.361. The first-order valence-corrected chi connectivity index (χ1v) is 12.6. The quantitative estimate of drug-likeness (QED) is 0.257. The van der Waals surface area contributed by atoms with Gasteiger partial charge in [-0.25, -0.2) is 18.4 Å². The molecule has 186 valence electrons. The second kappa shape index (κ2) is 10.8. The third kappa shape index (κ3) is 5.82. The van der Waals surface area contributed by atoms with E-state index < -0.39 is 10.0 Å². The Kier molecular flexibility index (Phi) is 7.53. The first-order valence-electron chi connectivity index (χ1n) is 10.7. The number of hydrogen-bond acceptors (Lipinski definition) is 8. The largest absolute Gasteiger partial charge is 0.497 e. The van der Waals surface area contributed by atoms with Crippen molar-refractivity contribution in [3.63, 3.8) is 0 Å². The van der Waals surface area contributed by atoms with Gasteiger partial charge in [0.15, 0.2) is 11.6 Å². The van der Waals surface area contributed by atoms with Gasteiger partial charge in [-0.1, -0.05) is 29.8 Å². The molecule has 10 nitrogen and oxygen atoms in total. The number of carbonyl (C=O) groups excluding carboxylic acids is 1. The van der Waals surface area contributed by atoms with Crippen LogP contribution in [0.4, 0.5) is 23.0 Å². The molecule has 0 spiro atoms. The standard InChI is InChI=1S/C24H23ClN6O4S/c1-26-14-22(32)27-15-6-5-7-17(12-15)36(33,34)31-24-23(28-19-8-3-4-9-20(19)29-24)30-21-13-16(35-2)10-11-18(21)25/h3-13,26H,14H2,1-2H3,(H,27,32)(H,28,30)(H,29,31). The van der Waals surface area contributed by atoms with Crippen LogP contribution in [0.15, 0.2) is 71.6 Å². The van der Waals surface area contributed by atoms with Crippen LogP contribution in [0.2, 0.25) is 5.02 Å². The van der Waals surface area contributed by atoms with Crippen LogP contribution >= 0.6 is 11.6 Å². The Morgan fingerprint density at radius 2 is 1.69 bits per heavy atom. The van der Waals surface area contributed by atoms with E-state index in [1.807, 2.05) is 0 Å². The van der Waals surface area contributed by atoms with Crippen molar-refractivity contribution in [2.24, 2.45) is 0 Å². The number of methoxy groups -OCH3 is 1. The van der Waals surface area contributed by atoms with Gasteiger partial charge in [-0.2, -0.15) is 0 Å². The van der Waals surface area contributed by atoms with Crippen molar-refractivity contribution in [1.82, 2.24) is 15.3 Å². The van der Waals surface area contributed by atoms with Crippen LogP contribution in [0, 0.1) is 0 Å². The number of benzene rings is 3. The molecule has 0 saturated carbocycles. The van der Waals surface area contributed by atoms with Crippen molar-refractivity contribution in [2.45, 2.75) is 4.90 Å². The number of ether oxygens (including phenoxy) is 1. The van der Waals surface area contributed by atoms with Gasteiger partial charge >= 0.3 is 0 Å². The second-order valence-electron chi connectivity index (χ2n) is 7.59. The first-order chi connectivity index (χ1) is 17.3. The minimum atomic E-state index is -4.11. The molecule has 0 fully saturated rings. The molecule has 3 aromatic carbocycles. The fourth-order valence-electron chi connectivity index (χ4n) is 3.31. The Hall–Kier alpha value is -3.93. The Bertz CT molecular complexity index is 1530. The fourth-order valence-corrected chi connectivity index (χ4v) is 4.53. The number of nitrogens with zero attached hydrogens (tertiary/aromatic N) is 2. The maximum Gasteiger partial charge on any atom is 0.263 e. The minimum Gasteiger partial charge on any atom is -0.497 e. The number of hydrogen-bond donors (Lipinski definition) is 4. The molecule has 0 aliphatic heterocycles. The predicted molar refractivity (Wildman–Crippen MR) is 141 cm³/mol. The van der Waals surface area contributed by atoms with Gasteiger partial charge in [-0.3, -0.25) is 9.52 Å². The van der Waals surface area contributed by atoms with Crippen molar-refractivity contribution in [3.05, 3.63) is 71.8 Å². The third-order valence-corrected chi connectivity index (χ3v) is 6.66. The average Bonchev–Trinajstić information content (AvgIpc) is 2.86. The van der Waals surface area contributed by atoms with Crippen LogP contribution < -0.4 is 25.4 Å². The predicted octanol–water partition coefficient (Wildman–Crippen LogP) is 3.99. The number of nitrogens with one attached hydrogen (secondary N) is 4. The number of para-hydroxylation sites is 2. The molecule has 12 heteroatoms. The summed E-state index contributed by atoms with van der Waals surface area (Å²) in [6.07, 6.45) is 0. The van der Waals surface area contributed by atoms with Crippen LogP contribution in [0.3, 0.4) is 0 Å². The van der Waals surface area contributed by atoms with E-state index in [0.29, 0.717) is 33.2 Å². The van der Waals surface area contributed by atoms with E-state index >= 15 is 0 Å². The van der Waals surface area contributed by atoms with Crippen molar-refractivity contribution in [2.75, 3.05) is 36.1 Å². The third-order valence-electron chi connectivity index (χ3n) is 4.99. The smallest absolute Gasteiger partial charge is 0.263 e. The molecule has 0 unspecified atom stereocenters. The lowest BCUT2D eigenvalue weighted by atomic mass is 10.3. The van der Waals surface area contributed by atoms with Crippen molar-refractivity contribution >= 4 is 61.6 Å². The summed E-state index contributed by atoms with van der Waals surface area (Å²) >= 11 is 6.34. The molecule has 0 saturated heterocycles. The van der Waals surface area contributed by atoms with Gasteiger partial charge in [0, 0.05) is 11.8 Å². The highest BCUT2D eigenvalue weighted by molar-refractivity contribution is 7.92. The zero-order valence-corrected chi connectivity index (χ0v) is 20.9. The van der Waals surface area contributed by atoms with E-state index in [4.69, 9.17) is 16.3 Å². The number of aromatic nitrogens is 2. The van der Waals surface area contributed by atoms with E-state index in [9.17, 15) is 13.2 Å². The Morgan fingerprint density at radius 3 is 2.39 bits per heavy atom. The number of amides is 1. The highest BCUT2D eigenvalue weighted by Gasteiger charge is 2.20. The molecule has 0 atom stereocenters.